The Hall–Kier alpha value is -3.13. The van der Waals surface area contributed by atoms with Gasteiger partial charge in [0.05, 0.1) is 21.8 Å². The molecule has 0 saturated heterocycles. The summed E-state index contributed by atoms with van der Waals surface area (Å²) in [6.07, 6.45) is 0.669. The SMILES string of the molecule is CC(C)(C)c1cc(NC(=O)c2cccc(S(=O)(=O)N3CCc4ccccc43)c2)n(C(C)(C)C)n1. The topological polar surface area (TPSA) is 84.3 Å². The second-order valence-corrected chi connectivity index (χ2v) is 12.5. The van der Waals surface area contributed by atoms with Crippen LogP contribution in [0.3, 0.4) is 0 Å². The molecule has 2 aromatic carbocycles. The van der Waals surface area contributed by atoms with Gasteiger partial charge in [0.1, 0.15) is 5.82 Å². The van der Waals surface area contributed by atoms with Crippen LogP contribution in [0.2, 0.25) is 0 Å². The number of sulfonamides is 1. The minimum atomic E-state index is -3.79. The number of rotatable bonds is 4. The maximum atomic E-state index is 13.4. The van der Waals surface area contributed by atoms with Crippen molar-refractivity contribution < 1.29 is 13.2 Å². The summed E-state index contributed by atoms with van der Waals surface area (Å²) in [7, 11) is -3.79. The van der Waals surface area contributed by atoms with Crippen LogP contribution in [0, 0.1) is 0 Å². The van der Waals surface area contributed by atoms with Crippen LogP contribution < -0.4 is 9.62 Å². The van der Waals surface area contributed by atoms with Crippen LogP contribution in [0.5, 0.6) is 0 Å². The molecule has 7 nitrogen and oxygen atoms in total. The molecule has 0 radical (unpaired) electrons. The molecule has 1 aliphatic rings. The Kier molecular flexibility index (Phi) is 5.84. The molecule has 8 heteroatoms. The van der Waals surface area contributed by atoms with Crippen molar-refractivity contribution in [1.82, 2.24) is 9.78 Å². The molecule has 1 N–H and O–H groups in total. The highest BCUT2D eigenvalue weighted by Gasteiger charge is 2.31. The molecule has 0 saturated carbocycles. The molecule has 4 rings (SSSR count). The number of amides is 1. The second kappa shape index (κ2) is 8.27. The lowest BCUT2D eigenvalue weighted by Gasteiger charge is -2.23. The quantitative estimate of drug-likeness (QED) is 0.573. The first-order chi connectivity index (χ1) is 15.8. The van der Waals surface area contributed by atoms with E-state index in [1.807, 2.05) is 51.1 Å². The normalized spacial score (nSPS) is 14.2. The van der Waals surface area contributed by atoms with Gasteiger partial charge in [0, 0.05) is 23.6 Å². The molecule has 3 aromatic rings. The van der Waals surface area contributed by atoms with Gasteiger partial charge in [-0.2, -0.15) is 5.10 Å². The molecule has 0 atom stereocenters. The van der Waals surface area contributed by atoms with Gasteiger partial charge in [-0.05, 0) is 57.0 Å². The van der Waals surface area contributed by atoms with Gasteiger partial charge < -0.3 is 5.32 Å². The molecular weight excluding hydrogens is 448 g/mol. The van der Waals surface area contributed by atoms with Gasteiger partial charge in [-0.1, -0.05) is 45.0 Å². The zero-order valence-electron chi connectivity index (χ0n) is 20.6. The zero-order valence-corrected chi connectivity index (χ0v) is 21.4. The maximum absolute atomic E-state index is 13.4. The number of anilines is 2. The van der Waals surface area contributed by atoms with Crippen molar-refractivity contribution >= 4 is 27.4 Å². The lowest BCUT2D eigenvalue weighted by molar-refractivity contribution is 0.102. The van der Waals surface area contributed by atoms with Gasteiger partial charge in [0.25, 0.3) is 15.9 Å². The standard InChI is InChI=1S/C26H32N4O3S/c1-25(2,3)22-17-23(30(28-22)26(4,5)6)27-24(31)19-11-9-12-20(16-19)34(32,33)29-15-14-18-10-7-8-13-21(18)29/h7-13,16-17H,14-15H2,1-6H3,(H,27,31). The van der Waals surface area contributed by atoms with E-state index in [1.165, 1.54) is 16.4 Å². The molecule has 34 heavy (non-hydrogen) atoms. The van der Waals surface area contributed by atoms with Crippen LogP contribution in [0.25, 0.3) is 0 Å². The highest BCUT2D eigenvalue weighted by molar-refractivity contribution is 7.92. The molecule has 2 heterocycles. The third-order valence-electron chi connectivity index (χ3n) is 5.88. The first-order valence-electron chi connectivity index (χ1n) is 11.4. The average Bonchev–Trinajstić information content (AvgIpc) is 3.38. The Bertz CT molecular complexity index is 1340. The predicted octanol–water partition coefficient (Wildman–Crippen LogP) is 4.94. The summed E-state index contributed by atoms with van der Waals surface area (Å²) in [6.45, 7) is 12.6. The Labute approximate surface area is 201 Å². The molecule has 0 aliphatic carbocycles. The van der Waals surface area contributed by atoms with E-state index in [-0.39, 0.29) is 27.3 Å². The fourth-order valence-corrected chi connectivity index (χ4v) is 5.57. The first kappa shape index (κ1) is 24.0. The summed E-state index contributed by atoms with van der Waals surface area (Å²) in [5.74, 6) is 0.189. The number of nitrogens with one attached hydrogen (secondary N) is 1. The van der Waals surface area contributed by atoms with Crippen molar-refractivity contribution in [2.24, 2.45) is 0 Å². The van der Waals surface area contributed by atoms with Crippen LogP contribution in [-0.2, 0) is 27.4 Å². The van der Waals surface area contributed by atoms with E-state index in [0.29, 0.717) is 24.5 Å². The molecule has 0 unspecified atom stereocenters. The van der Waals surface area contributed by atoms with Crippen molar-refractivity contribution in [3.8, 4) is 0 Å². The number of hydrogen-bond donors (Lipinski definition) is 1. The van der Waals surface area contributed by atoms with Crippen molar-refractivity contribution in [2.45, 2.75) is 63.8 Å². The molecule has 1 aliphatic heterocycles. The minimum Gasteiger partial charge on any atom is -0.307 e. The lowest BCUT2D eigenvalue weighted by atomic mass is 9.92. The van der Waals surface area contributed by atoms with E-state index in [9.17, 15) is 13.2 Å². The summed E-state index contributed by atoms with van der Waals surface area (Å²) >= 11 is 0. The Balaban J connectivity index is 1.65. The number of hydrogen-bond acceptors (Lipinski definition) is 4. The Morgan fingerprint density at radius 3 is 2.35 bits per heavy atom. The number of nitrogens with zero attached hydrogens (tertiary/aromatic N) is 3. The fraction of sp³-hybridized carbons (Fsp3) is 0.385. The largest absolute Gasteiger partial charge is 0.307 e. The molecule has 1 aromatic heterocycles. The summed E-state index contributed by atoms with van der Waals surface area (Å²) in [6, 6.07) is 15.6. The van der Waals surface area contributed by atoms with Gasteiger partial charge >= 0.3 is 0 Å². The van der Waals surface area contributed by atoms with Crippen molar-refractivity contribution in [3.05, 3.63) is 71.4 Å². The number of para-hydroxylation sites is 1. The summed E-state index contributed by atoms with van der Waals surface area (Å²) in [5, 5.41) is 7.67. The average molecular weight is 481 g/mol. The third-order valence-corrected chi connectivity index (χ3v) is 7.69. The van der Waals surface area contributed by atoms with E-state index in [1.54, 1.807) is 16.8 Å². The molecule has 180 valence electrons. The Morgan fingerprint density at radius 2 is 1.68 bits per heavy atom. The van der Waals surface area contributed by atoms with Gasteiger partial charge in [0.2, 0.25) is 0 Å². The van der Waals surface area contributed by atoms with Crippen molar-refractivity contribution in [1.29, 1.82) is 0 Å². The predicted molar refractivity (Wildman–Crippen MR) is 135 cm³/mol. The lowest BCUT2D eigenvalue weighted by Crippen LogP contribution is -2.29. The monoisotopic (exact) mass is 480 g/mol. The number of carbonyl (C=O) groups is 1. The van der Waals surface area contributed by atoms with Crippen LogP contribution in [-0.4, -0.2) is 30.7 Å². The van der Waals surface area contributed by atoms with E-state index < -0.39 is 10.0 Å². The summed E-state index contributed by atoms with van der Waals surface area (Å²) < 4.78 is 30.0. The van der Waals surface area contributed by atoms with E-state index >= 15 is 0 Å². The highest BCUT2D eigenvalue weighted by Crippen LogP contribution is 2.33. The van der Waals surface area contributed by atoms with Crippen molar-refractivity contribution in [3.63, 3.8) is 0 Å². The smallest absolute Gasteiger partial charge is 0.264 e. The molecule has 0 spiro atoms. The first-order valence-corrected chi connectivity index (χ1v) is 12.9. The van der Waals surface area contributed by atoms with Gasteiger partial charge in [-0.25, -0.2) is 13.1 Å². The number of aromatic nitrogens is 2. The number of carbonyl (C=O) groups excluding carboxylic acids is 1. The molecule has 0 fully saturated rings. The third kappa shape index (κ3) is 4.46. The minimum absolute atomic E-state index is 0.0940. The van der Waals surface area contributed by atoms with Gasteiger partial charge in [-0.3, -0.25) is 9.10 Å². The van der Waals surface area contributed by atoms with Gasteiger partial charge in [-0.15, -0.1) is 0 Å². The molecule has 1 amide bonds. The van der Waals surface area contributed by atoms with Crippen LogP contribution in [0.15, 0.2) is 59.5 Å². The second-order valence-electron chi connectivity index (χ2n) is 10.7. The summed E-state index contributed by atoms with van der Waals surface area (Å²) in [5.41, 5.74) is 2.30. The van der Waals surface area contributed by atoms with Crippen molar-refractivity contribution in [2.75, 3.05) is 16.2 Å². The van der Waals surface area contributed by atoms with Gasteiger partial charge in [0.15, 0.2) is 0 Å². The maximum Gasteiger partial charge on any atom is 0.264 e. The van der Waals surface area contributed by atoms with E-state index in [2.05, 4.69) is 26.1 Å². The van der Waals surface area contributed by atoms with E-state index in [4.69, 9.17) is 5.10 Å². The van der Waals surface area contributed by atoms with Crippen LogP contribution in [0.4, 0.5) is 11.5 Å². The number of fused-ring (bicyclic) bond motifs is 1. The van der Waals surface area contributed by atoms with Crippen LogP contribution in [0.1, 0.15) is 63.2 Å². The Morgan fingerprint density at radius 1 is 0.971 bits per heavy atom. The van der Waals surface area contributed by atoms with E-state index in [0.717, 1.165) is 11.3 Å². The fourth-order valence-electron chi connectivity index (χ4n) is 4.02. The molecular formula is C26H32N4O3S. The number of benzene rings is 2. The zero-order chi connectivity index (χ0) is 24.9. The van der Waals surface area contributed by atoms with Crippen LogP contribution >= 0.6 is 0 Å². The molecule has 0 bridgehead atoms. The highest BCUT2D eigenvalue weighted by atomic mass is 32.2. The summed E-state index contributed by atoms with van der Waals surface area (Å²) in [4.78, 5) is 13.3.